The third kappa shape index (κ3) is 7.92. The average Bonchev–Trinajstić information content (AvgIpc) is 3.06. The second kappa shape index (κ2) is 12.9. The largest absolute Gasteiger partial charge is 0.459 e. The molecule has 2 rings (SSSR count). The van der Waals surface area contributed by atoms with Crippen molar-refractivity contribution in [3.8, 4) is 0 Å². The van der Waals surface area contributed by atoms with Crippen molar-refractivity contribution >= 4 is 35.8 Å². The van der Waals surface area contributed by atoms with Gasteiger partial charge in [0.1, 0.15) is 0 Å². The molecule has 8 nitrogen and oxygen atoms in total. The predicted molar refractivity (Wildman–Crippen MR) is 112 cm³/mol. The summed E-state index contributed by atoms with van der Waals surface area (Å²) in [6, 6.07) is 1.78. The topological polar surface area (TPSA) is 91.1 Å². The van der Waals surface area contributed by atoms with Gasteiger partial charge in [0.2, 0.25) is 0 Å². The number of halogens is 1. The van der Waals surface area contributed by atoms with Crippen LogP contribution in [0.5, 0.6) is 0 Å². The van der Waals surface area contributed by atoms with E-state index >= 15 is 0 Å². The Labute approximate surface area is 172 Å². The number of ether oxygens (including phenoxy) is 1. The zero-order valence-corrected chi connectivity index (χ0v) is 17.9. The molecule has 0 bridgehead atoms. The van der Waals surface area contributed by atoms with Crippen molar-refractivity contribution < 1.29 is 13.9 Å². The molecule has 0 saturated carbocycles. The molecule has 1 aliphatic heterocycles. The van der Waals surface area contributed by atoms with E-state index in [2.05, 4.69) is 25.8 Å². The van der Waals surface area contributed by atoms with Gasteiger partial charge < -0.3 is 25.1 Å². The van der Waals surface area contributed by atoms with E-state index in [4.69, 9.17) is 9.15 Å². The van der Waals surface area contributed by atoms with Gasteiger partial charge in [0, 0.05) is 51.9 Å². The summed E-state index contributed by atoms with van der Waals surface area (Å²) in [4.78, 5) is 18.5. The fourth-order valence-electron chi connectivity index (χ4n) is 2.56. The van der Waals surface area contributed by atoms with Crippen LogP contribution in [-0.2, 0) is 4.74 Å². The first-order chi connectivity index (χ1) is 12.2. The first-order valence-corrected chi connectivity index (χ1v) is 8.77. The second-order valence-electron chi connectivity index (χ2n) is 5.92. The van der Waals surface area contributed by atoms with Gasteiger partial charge >= 0.3 is 0 Å². The van der Waals surface area contributed by atoms with E-state index in [9.17, 15) is 4.79 Å². The summed E-state index contributed by atoms with van der Waals surface area (Å²) in [5, 5.41) is 9.40. The molecule has 1 saturated heterocycles. The van der Waals surface area contributed by atoms with E-state index in [1.807, 2.05) is 6.92 Å². The second-order valence-corrected chi connectivity index (χ2v) is 5.92. The van der Waals surface area contributed by atoms with Crippen molar-refractivity contribution in [2.75, 3.05) is 59.5 Å². The number of aliphatic imine (C=N–C) groups is 1. The number of amides is 1. The van der Waals surface area contributed by atoms with E-state index < -0.39 is 0 Å². The van der Waals surface area contributed by atoms with Gasteiger partial charge in [-0.05, 0) is 19.4 Å². The molecule has 1 fully saturated rings. The summed E-state index contributed by atoms with van der Waals surface area (Å²) >= 11 is 0. The highest BCUT2D eigenvalue weighted by Crippen LogP contribution is 2.07. The van der Waals surface area contributed by atoms with Crippen LogP contribution in [0.15, 0.2) is 21.7 Å². The Balaban J connectivity index is 0.00000338. The minimum absolute atomic E-state index is 0. The number of morpholine rings is 1. The molecule has 9 heteroatoms. The number of hydrogen-bond donors (Lipinski definition) is 3. The standard InChI is InChI=1S/C17H29N5O3.HI/c1-14-4-11-25-15(14)16(23)19-5-3-6-20-17(18-2)21-7-8-22-9-12-24-13-10-22;/h4,11H,3,5-10,12-13H2,1-2H3,(H,19,23)(H2,18,20,21);1H. The third-order valence-corrected chi connectivity index (χ3v) is 4.05. The number of rotatable bonds is 8. The lowest BCUT2D eigenvalue weighted by atomic mass is 10.2. The van der Waals surface area contributed by atoms with Crippen LogP contribution in [0.25, 0.3) is 0 Å². The molecular formula is C17H30IN5O3. The molecule has 0 aromatic carbocycles. The first kappa shape index (κ1) is 22.7. The summed E-state index contributed by atoms with van der Waals surface area (Å²) < 4.78 is 10.5. The Morgan fingerprint density at radius 3 is 2.54 bits per heavy atom. The van der Waals surface area contributed by atoms with Crippen molar-refractivity contribution in [2.45, 2.75) is 13.3 Å². The predicted octanol–water partition coefficient (Wildman–Crippen LogP) is 0.823. The maximum Gasteiger partial charge on any atom is 0.287 e. The number of aryl methyl sites for hydroxylation is 1. The maximum atomic E-state index is 11.9. The smallest absolute Gasteiger partial charge is 0.287 e. The summed E-state index contributed by atoms with van der Waals surface area (Å²) in [6.07, 6.45) is 2.33. The highest BCUT2D eigenvalue weighted by Gasteiger charge is 2.11. The van der Waals surface area contributed by atoms with Gasteiger partial charge in [-0.2, -0.15) is 0 Å². The minimum atomic E-state index is -0.171. The maximum absolute atomic E-state index is 11.9. The van der Waals surface area contributed by atoms with Crippen LogP contribution in [0.3, 0.4) is 0 Å². The van der Waals surface area contributed by atoms with Gasteiger partial charge in [-0.3, -0.25) is 14.7 Å². The summed E-state index contributed by atoms with van der Waals surface area (Å²) in [5.41, 5.74) is 0.848. The van der Waals surface area contributed by atoms with Gasteiger partial charge in [0.15, 0.2) is 11.7 Å². The molecule has 0 spiro atoms. The number of nitrogens with one attached hydrogen (secondary N) is 3. The number of guanidine groups is 1. The number of hydrogen-bond acceptors (Lipinski definition) is 5. The summed E-state index contributed by atoms with van der Waals surface area (Å²) in [6.45, 7) is 8.59. The Morgan fingerprint density at radius 2 is 1.88 bits per heavy atom. The van der Waals surface area contributed by atoms with E-state index in [1.165, 1.54) is 6.26 Å². The van der Waals surface area contributed by atoms with Gasteiger partial charge in [0.05, 0.1) is 19.5 Å². The molecule has 1 aromatic rings. The molecule has 1 amide bonds. The third-order valence-electron chi connectivity index (χ3n) is 4.05. The molecule has 26 heavy (non-hydrogen) atoms. The van der Waals surface area contributed by atoms with Gasteiger partial charge in [-0.15, -0.1) is 24.0 Å². The van der Waals surface area contributed by atoms with Crippen molar-refractivity contribution in [1.29, 1.82) is 0 Å². The highest BCUT2D eigenvalue weighted by atomic mass is 127. The van der Waals surface area contributed by atoms with Crippen molar-refractivity contribution in [3.63, 3.8) is 0 Å². The normalized spacial score (nSPS) is 15.2. The van der Waals surface area contributed by atoms with Gasteiger partial charge in [-0.1, -0.05) is 0 Å². The van der Waals surface area contributed by atoms with Crippen molar-refractivity contribution in [3.05, 3.63) is 23.7 Å². The summed E-state index contributed by atoms with van der Waals surface area (Å²) in [5.74, 6) is 0.991. The first-order valence-electron chi connectivity index (χ1n) is 8.77. The lowest BCUT2D eigenvalue weighted by Crippen LogP contribution is -2.44. The average molecular weight is 479 g/mol. The van der Waals surface area contributed by atoms with Crippen molar-refractivity contribution in [2.24, 2.45) is 4.99 Å². The Hall–Kier alpha value is -1.33. The fraction of sp³-hybridized carbons (Fsp3) is 0.647. The van der Waals surface area contributed by atoms with Crippen molar-refractivity contribution in [1.82, 2.24) is 20.9 Å². The fourth-order valence-corrected chi connectivity index (χ4v) is 2.56. The number of carbonyl (C=O) groups excluding carboxylic acids is 1. The van der Waals surface area contributed by atoms with E-state index in [1.54, 1.807) is 13.1 Å². The summed E-state index contributed by atoms with van der Waals surface area (Å²) in [7, 11) is 1.76. The van der Waals surface area contributed by atoms with Gasteiger partial charge in [-0.25, -0.2) is 0 Å². The van der Waals surface area contributed by atoms with Crippen LogP contribution in [0.4, 0.5) is 0 Å². The molecule has 1 aliphatic rings. The van der Waals surface area contributed by atoms with Crippen LogP contribution in [-0.4, -0.2) is 76.3 Å². The zero-order chi connectivity index (χ0) is 17.9. The Morgan fingerprint density at radius 1 is 1.19 bits per heavy atom. The van der Waals surface area contributed by atoms with E-state index in [0.717, 1.165) is 63.9 Å². The number of carbonyl (C=O) groups is 1. The molecule has 148 valence electrons. The molecule has 0 atom stereocenters. The van der Waals surface area contributed by atoms with Crippen LogP contribution < -0.4 is 16.0 Å². The highest BCUT2D eigenvalue weighted by molar-refractivity contribution is 14.0. The lowest BCUT2D eigenvalue weighted by molar-refractivity contribution is 0.0389. The molecule has 1 aromatic heterocycles. The van der Waals surface area contributed by atoms with Crippen LogP contribution in [0.1, 0.15) is 22.5 Å². The Kier molecular flexibility index (Phi) is 11.3. The quantitative estimate of drug-likeness (QED) is 0.222. The Bertz CT molecular complexity index is 558. The molecule has 0 radical (unpaired) electrons. The van der Waals surface area contributed by atoms with E-state index in [-0.39, 0.29) is 29.9 Å². The minimum Gasteiger partial charge on any atom is -0.459 e. The van der Waals surface area contributed by atoms with Crippen LogP contribution in [0.2, 0.25) is 0 Å². The lowest BCUT2D eigenvalue weighted by Gasteiger charge is -2.26. The molecule has 0 aliphatic carbocycles. The molecule has 2 heterocycles. The SMILES string of the molecule is CN=C(NCCCNC(=O)c1occc1C)NCCN1CCOCC1.I. The van der Waals surface area contributed by atoms with Crippen LogP contribution in [0, 0.1) is 6.92 Å². The molecule has 0 unspecified atom stereocenters. The van der Waals surface area contributed by atoms with E-state index in [0.29, 0.717) is 12.3 Å². The molecule has 3 N–H and O–H groups in total. The number of furan rings is 1. The zero-order valence-electron chi connectivity index (χ0n) is 15.5. The molecular weight excluding hydrogens is 449 g/mol. The van der Waals surface area contributed by atoms with Gasteiger partial charge in [0.25, 0.3) is 5.91 Å². The monoisotopic (exact) mass is 479 g/mol. The van der Waals surface area contributed by atoms with Crippen LogP contribution >= 0.6 is 24.0 Å². The number of nitrogens with zero attached hydrogens (tertiary/aromatic N) is 2.